The van der Waals surface area contributed by atoms with Crippen molar-refractivity contribution >= 4 is 11.8 Å². The van der Waals surface area contributed by atoms with E-state index < -0.39 is 0 Å². The van der Waals surface area contributed by atoms with Crippen molar-refractivity contribution in [2.75, 3.05) is 33.8 Å². The zero-order chi connectivity index (χ0) is 20.0. The van der Waals surface area contributed by atoms with Gasteiger partial charge >= 0.3 is 0 Å². The SMILES string of the molecule is Cc1cnn(C)c1C(=O)N(C)CCCN(C)C(=O)COC1CCCCC1C. The highest BCUT2D eigenvalue weighted by molar-refractivity contribution is 5.93. The largest absolute Gasteiger partial charge is 0.368 e. The molecule has 27 heavy (non-hydrogen) atoms. The summed E-state index contributed by atoms with van der Waals surface area (Å²) in [7, 11) is 5.35. The van der Waals surface area contributed by atoms with E-state index in [0.29, 0.717) is 24.7 Å². The first-order valence-electron chi connectivity index (χ1n) is 9.91. The van der Waals surface area contributed by atoms with Crippen molar-refractivity contribution in [3.05, 3.63) is 17.5 Å². The molecular formula is C20H34N4O3. The van der Waals surface area contributed by atoms with Crippen molar-refractivity contribution in [3.8, 4) is 0 Å². The third kappa shape index (κ3) is 5.79. The topological polar surface area (TPSA) is 67.7 Å². The average Bonchev–Trinajstić information content (AvgIpc) is 2.98. The Bertz CT molecular complexity index is 624. The first-order chi connectivity index (χ1) is 12.8. The summed E-state index contributed by atoms with van der Waals surface area (Å²) >= 11 is 0. The predicted molar refractivity (Wildman–Crippen MR) is 105 cm³/mol. The number of amides is 2. The van der Waals surface area contributed by atoms with Crippen LogP contribution in [0.15, 0.2) is 6.20 Å². The predicted octanol–water partition coefficient (Wildman–Crippen LogP) is 2.24. The number of aromatic nitrogens is 2. The van der Waals surface area contributed by atoms with E-state index in [1.165, 1.54) is 19.3 Å². The van der Waals surface area contributed by atoms with Crippen LogP contribution in [0.2, 0.25) is 0 Å². The van der Waals surface area contributed by atoms with Crippen molar-refractivity contribution in [3.63, 3.8) is 0 Å². The molecule has 0 bridgehead atoms. The van der Waals surface area contributed by atoms with E-state index in [9.17, 15) is 9.59 Å². The van der Waals surface area contributed by atoms with Gasteiger partial charge < -0.3 is 14.5 Å². The summed E-state index contributed by atoms with van der Waals surface area (Å²) in [5.41, 5.74) is 1.48. The lowest BCUT2D eigenvalue weighted by atomic mass is 9.88. The van der Waals surface area contributed by atoms with E-state index in [1.54, 1.807) is 41.8 Å². The van der Waals surface area contributed by atoms with Gasteiger partial charge in [-0.25, -0.2) is 0 Å². The molecule has 152 valence electrons. The van der Waals surface area contributed by atoms with Gasteiger partial charge in [-0.05, 0) is 37.7 Å². The van der Waals surface area contributed by atoms with Crippen LogP contribution < -0.4 is 0 Å². The van der Waals surface area contributed by atoms with Gasteiger partial charge in [-0.2, -0.15) is 5.10 Å². The minimum atomic E-state index is -0.0453. The summed E-state index contributed by atoms with van der Waals surface area (Å²) < 4.78 is 7.46. The number of rotatable bonds is 8. The molecule has 1 saturated carbocycles. The molecule has 0 aromatic carbocycles. The highest BCUT2D eigenvalue weighted by Gasteiger charge is 2.23. The number of carbonyl (C=O) groups is 2. The quantitative estimate of drug-likeness (QED) is 0.696. The number of ether oxygens (including phenoxy) is 1. The van der Waals surface area contributed by atoms with Gasteiger partial charge in [-0.15, -0.1) is 0 Å². The van der Waals surface area contributed by atoms with E-state index in [2.05, 4.69) is 12.0 Å². The maximum absolute atomic E-state index is 12.5. The summed E-state index contributed by atoms with van der Waals surface area (Å²) in [6.45, 7) is 5.42. The van der Waals surface area contributed by atoms with Crippen molar-refractivity contribution in [1.82, 2.24) is 19.6 Å². The number of nitrogens with zero attached hydrogens (tertiary/aromatic N) is 4. The molecule has 1 aliphatic rings. The minimum absolute atomic E-state index is 0.00392. The molecular weight excluding hydrogens is 344 g/mol. The number of carbonyl (C=O) groups excluding carboxylic acids is 2. The van der Waals surface area contributed by atoms with E-state index in [0.717, 1.165) is 18.4 Å². The van der Waals surface area contributed by atoms with Crippen LogP contribution in [0.5, 0.6) is 0 Å². The molecule has 1 heterocycles. The summed E-state index contributed by atoms with van der Waals surface area (Å²) in [6, 6.07) is 0. The van der Waals surface area contributed by atoms with Crippen LogP contribution in [0.1, 0.15) is 55.1 Å². The second-order valence-electron chi connectivity index (χ2n) is 7.81. The molecule has 7 nitrogen and oxygen atoms in total. The fourth-order valence-corrected chi connectivity index (χ4v) is 3.62. The van der Waals surface area contributed by atoms with E-state index >= 15 is 0 Å². The summed E-state index contributed by atoms with van der Waals surface area (Å²) in [6.07, 6.45) is 7.32. The monoisotopic (exact) mass is 378 g/mol. The molecule has 2 unspecified atom stereocenters. The lowest BCUT2D eigenvalue weighted by Gasteiger charge is -2.29. The molecule has 1 aromatic heterocycles. The molecule has 1 aromatic rings. The van der Waals surface area contributed by atoms with Crippen molar-refractivity contribution in [2.45, 2.75) is 52.1 Å². The zero-order valence-electron chi connectivity index (χ0n) is 17.4. The van der Waals surface area contributed by atoms with Gasteiger partial charge in [0, 0.05) is 34.2 Å². The number of hydrogen-bond donors (Lipinski definition) is 0. The Morgan fingerprint density at radius 1 is 1.22 bits per heavy atom. The van der Waals surface area contributed by atoms with E-state index in [-0.39, 0.29) is 24.5 Å². The van der Waals surface area contributed by atoms with Gasteiger partial charge in [0.1, 0.15) is 12.3 Å². The summed E-state index contributed by atoms with van der Waals surface area (Å²) in [5, 5.41) is 4.12. The highest BCUT2D eigenvalue weighted by atomic mass is 16.5. The Kier molecular flexibility index (Phi) is 7.83. The Morgan fingerprint density at radius 3 is 2.52 bits per heavy atom. The van der Waals surface area contributed by atoms with Gasteiger partial charge in [0.15, 0.2) is 0 Å². The summed E-state index contributed by atoms with van der Waals surface area (Å²) in [5.74, 6) is 0.493. The molecule has 1 fully saturated rings. The van der Waals surface area contributed by atoms with Gasteiger partial charge in [0.05, 0.1) is 12.3 Å². The smallest absolute Gasteiger partial charge is 0.272 e. The molecule has 0 spiro atoms. The molecule has 0 saturated heterocycles. The normalized spacial score (nSPS) is 19.7. The molecule has 2 amide bonds. The van der Waals surface area contributed by atoms with Crippen molar-refractivity contribution < 1.29 is 14.3 Å². The maximum Gasteiger partial charge on any atom is 0.272 e. The van der Waals surface area contributed by atoms with Crippen molar-refractivity contribution in [2.24, 2.45) is 13.0 Å². The number of likely N-dealkylation sites (N-methyl/N-ethyl adjacent to an activating group) is 1. The second-order valence-corrected chi connectivity index (χ2v) is 7.81. The van der Waals surface area contributed by atoms with E-state index in [1.807, 2.05) is 6.92 Å². The van der Waals surface area contributed by atoms with Crippen LogP contribution in [0, 0.1) is 12.8 Å². The lowest BCUT2D eigenvalue weighted by Crippen LogP contribution is -2.36. The maximum atomic E-state index is 12.5. The van der Waals surface area contributed by atoms with Crippen LogP contribution in [0.25, 0.3) is 0 Å². The Hall–Kier alpha value is -1.89. The second kappa shape index (κ2) is 9.88. The molecule has 1 aliphatic carbocycles. The number of aryl methyl sites for hydroxylation is 2. The summed E-state index contributed by atoms with van der Waals surface area (Å²) in [4.78, 5) is 28.2. The molecule has 7 heteroatoms. The molecule has 0 aliphatic heterocycles. The van der Waals surface area contributed by atoms with Gasteiger partial charge in [0.25, 0.3) is 5.91 Å². The fraction of sp³-hybridized carbons (Fsp3) is 0.750. The fourth-order valence-electron chi connectivity index (χ4n) is 3.62. The highest BCUT2D eigenvalue weighted by Crippen LogP contribution is 2.26. The van der Waals surface area contributed by atoms with Gasteiger partial charge in [-0.1, -0.05) is 19.8 Å². The minimum Gasteiger partial charge on any atom is -0.368 e. The van der Waals surface area contributed by atoms with Crippen LogP contribution >= 0.6 is 0 Å². The Labute approximate surface area is 162 Å². The van der Waals surface area contributed by atoms with Crippen molar-refractivity contribution in [1.29, 1.82) is 0 Å². The third-order valence-electron chi connectivity index (χ3n) is 5.54. The van der Waals surface area contributed by atoms with Crippen LogP contribution in [0.3, 0.4) is 0 Å². The van der Waals surface area contributed by atoms with E-state index in [4.69, 9.17) is 4.74 Å². The molecule has 2 atom stereocenters. The van der Waals surface area contributed by atoms with Gasteiger partial charge in [-0.3, -0.25) is 14.3 Å². The standard InChI is InChI=1S/C20H34N4O3/c1-15-9-6-7-10-17(15)27-14-18(25)22(3)11-8-12-23(4)20(26)19-16(2)13-21-24(19)5/h13,15,17H,6-12,14H2,1-5H3. The Morgan fingerprint density at radius 2 is 1.89 bits per heavy atom. The molecule has 0 N–H and O–H groups in total. The van der Waals surface area contributed by atoms with Crippen LogP contribution in [-0.2, 0) is 16.6 Å². The lowest BCUT2D eigenvalue weighted by molar-refractivity contribution is -0.138. The van der Waals surface area contributed by atoms with Crippen LogP contribution in [-0.4, -0.2) is 71.3 Å². The van der Waals surface area contributed by atoms with Crippen LogP contribution in [0.4, 0.5) is 0 Å². The molecule has 2 rings (SSSR count). The first-order valence-corrected chi connectivity index (χ1v) is 9.91. The average molecular weight is 379 g/mol. The number of hydrogen-bond acceptors (Lipinski definition) is 4. The Balaban J connectivity index is 1.70. The first kappa shape index (κ1) is 21.4. The zero-order valence-corrected chi connectivity index (χ0v) is 17.4. The third-order valence-corrected chi connectivity index (χ3v) is 5.54. The van der Waals surface area contributed by atoms with Gasteiger partial charge in [0.2, 0.25) is 5.91 Å². The molecule has 0 radical (unpaired) electrons.